The van der Waals surface area contributed by atoms with Gasteiger partial charge in [-0.05, 0) is 45.2 Å². The summed E-state index contributed by atoms with van der Waals surface area (Å²) in [5.74, 6) is 0.958. The van der Waals surface area contributed by atoms with Crippen LogP contribution >= 0.6 is 0 Å². The van der Waals surface area contributed by atoms with E-state index in [9.17, 15) is 0 Å². The lowest BCUT2D eigenvalue weighted by Crippen LogP contribution is -2.51. The lowest BCUT2D eigenvalue weighted by molar-refractivity contribution is 0.112. The molecule has 1 atom stereocenters. The minimum Gasteiger partial charge on any atom is -0.329 e. The molecule has 1 heterocycles. The molecule has 0 bridgehead atoms. The van der Waals surface area contributed by atoms with Crippen molar-refractivity contribution in [1.29, 1.82) is 0 Å². The molecule has 2 aliphatic rings. The molecule has 15 heavy (non-hydrogen) atoms. The zero-order valence-electron chi connectivity index (χ0n) is 10.2. The third-order valence-electron chi connectivity index (χ3n) is 4.51. The molecule has 2 fully saturated rings. The summed E-state index contributed by atoms with van der Waals surface area (Å²) in [6.45, 7) is 5.78. The third kappa shape index (κ3) is 2.54. The summed E-state index contributed by atoms with van der Waals surface area (Å²) in [6, 6.07) is 0. The van der Waals surface area contributed by atoms with E-state index in [1.54, 1.807) is 0 Å². The van der Waals surface area contributed by atoms with Crippen molar-refractivity contribution in [3.8, 4) is 0 Å². The van der Waals surface area contributed by atoms with Crippen LogP contribution < -0.4 is 5.73 Å². The molecule has 0 aromatic heterocycles. The number of hydrogen-bond acceptors (Lipinski definition) is 2. The predicted molar refractivity (Wildman–Crippen MR) is 64.8 cm³/mol. The molecular weight excluding hydrogens is 184 g/mol. The molecule has 2 rings (SSSR count). The maximum absolute atomic E-state index is 6.02. The largest absolute Gasteiger partial charge is 0.329 e. The summed E-state index contributed by atoms with van der Waals surface area (Å²) in [4.78, 5) is 2.64. The second-order valence-electron chi connectivity index (χ2n) is 5.75. The van der Waals surface area contributed by atoms with Gasteiger partial charge in [0.2, 0.25) is 0 Å². The summed E-state index contributed by atoms with van der Waals surface area (Å²) >= 11 is 0. The van der Waals surface area contributed by atoms with Crippen LogP contribution in [0.4, 0.5) is 0 Å². The predicted octanol–water partition coefficient (Wildman–Crippen LogP) is 2.38. The minimum atomic E-state index is 0.297. The van der Waals surface area contributed by atoms with Crippen LogP contribution in [0.5, 0.6) is 0 Å². The molecule has 1 aliphatic carbocycles. The van der Waals surface area contributed by atoms with Crippen molar-refractivity contribution in [3.05, 3.63) is 0 Å². The first-order chi connectivity index (χ1) is 7.24. The SMILES string of the molecule is CC(CN)(CC1CCCC1)N1CCCC1. The Morgan fingerprint density at radius 2 is 1.73 bits per heavy atom. The molecule has 1 saturated heterocycles. The van der Waals surface area contributed by atoms with Gasteiger partial charge in [0.05, 0.1) is 0 Å². The lowest BCUT2D eigenvalue weighted by Gasteiger charge is -2.40. The minimum absolute atomic E-state index is 0.297. The quantitative estimate of drug-likeness (QED) is 0.772. The van der Waals surface area contributed by atoms with Crippen molar-refractivity contribution in [2.45, 2.75) is 57.4 Å². The van der Waals surface area contributed by atoms with Gasteiger partial charge in [-0.25, -0.2) is 0 Å². The van der Waals surface area contributed by atoms with E-state index in [1.165, 1.54) is 58.0 Å². The smallest absolute Gasteiger partial charge is 0.0306 e. The van der Waals surface area contributed by atoms with Gasteiger partial charge in [0.1, 0.15) is 0 Å². The molecule has 1 unspecified atom stereocenters. The molecule has 2 heteroatoms. The van der Waals surface area contributed by atoms with Crippen LogP contribution in [0.3, 0.4) is 0 Å². The molecule has 0 aromatic rings. The summed E-state index contributed by atoms with van der Waals surface area (Å²) in [5.41, 5.74) is 6.32. The fraction of sp³-hybridized carbons (Fsp3) is 1.00. The Kier molecular flexibility index (Phi) is 3.68. The van der Waals surface area contributed by atoms with E-state index in [-0.39, 0.29) is 0 Å². The van der Waals surface area contributed by atoms with E-state index < -0.39 is 0 Å². The highest BCUT2D eigenvalue weighted by atomic mass is 15.2. The Hall–Kier alpha value is -0.0800. The first kappa shape index (κ1) is 11.4. The Bertz CT molecular complexity index is 193. The zero-order valence-corrected chi connectivity index (χ0v) is 10.2. The van der Waals surface area contributed by atoms with Crippen molar-refractivity contribution >= 4 is 0 Å². The van der Waals surface area contributed by atoms with Crippen LogP contribution in [0.15, 0.2) is 0 Å². The maximum Gasteiger partial charge on any atom is 0.0306 e. The van der Waals surface area contributed by atoms with E-state index in [2.05, 4.69) is 11.8 Å². The fourth-order valence-electron chi connectivity index (χ4n) is 3.43. The molecule has 0 radical (unpaired) electrons. The maximum atomic E-state index is 6.02. The van der Waals surface area contributed by atoms with E-state index in [0.29, 0.717) is 5.54 Å². The second-order valence-corrected chi connectivity index (χ2v) is 5.75. The second kappa shape index (κ2) is 4.84. The molecule has 1 aliphatic heterocycles. The molecule has 0 spiro atoms. The standard InChI is InChI=1S/C13H26N2/c1-13(11-14,15-8-4-5-9-15)10-12-6-2-3-7-12/h12H,2-11,14H2,1H3. The summed E-state index contributed by atoms with van der Waals surface area (Å²) in [6.07, 6.45) is 9.88. The van der Waals surface area contributed by atoms with Gasteiger partial charge in [-0.3, -0.25) is 4.90 Å². The molecule has 1 saturated carbocycles. The monoisotopic (exact) mass is 210 g/mol. The zero-order chi connectivity index (χ0) is 10.7. The van der Waals surface area contributed by atoms with Gasteiger partial charge in [-0.15, -0.1) is 0 Å². The van der Waals surface area contributed by atoms with Gasteiger partial charge in [0, 0.05) is 12.1 Å². The Morgan fingerprint density at radius 3 is 2.27 bits per heavy atom. The summed E-state index contributed by atoms with van der Waals surface area (Å²) < 4.78 is 0. The van der Waals surface area contributed by atoms with Gasteiger partial charge >= 0.3 is 0 Å². The molecule has 2 nitrogen and oxygen atoms in total. The van der Waals surface area contributed by atoms with Crippen LogP contribution in [0.25, 0.3) is 0 Å². The van der Waals surface area contributed by atoms with E-state index >= 15 is 0 Å². The number of nitrogens with zero attached hydrogens (tertiary/aromatic N) is 1. The van der Waals surface area contributed by atoms with Gasteiger partial charge in [-0.2, -0.15) is 0 Å². The number of likely N-dealkylation sites (tertiary alicyclic amines) is 1. The lowest BCUT2D eigenvalue weighted by atomic mass is 9.86. The Balaban J connectivity index is 1.93. The van der Waals surface area contributed by atoms with Crippen molar-refractivity contribution in [3.63, 3.8) is 0 Å². The fourth-order valence-corrected chi connectivity index (χ4v) is 3.43. The van der Waals surface area contributed by atoms with Gasteiger partial charge in [0.25, 0.3) is 0 Å². The molecular formula is C13H26N2. The van der Waals surface area contributed by atoms with E-state index in [4.69, 9.17) is 5.73 Å². The van der Waals surface area contributed by atoms with Crippen molar-refractivity contribution in [1.82, 2.24) is 4.90 Å². The van der Waals surface area contributed by atoms with Crippen LogP contribution in [0.1, 0.15) is 51.9 Å². The molecule has 0 amide bonds. The first-order valence-corrected chi connectivity index (χ1v) is 6.70. The average Bonchev–Trinajstić information content (AvgIpc) is 2.89. The number of rotatable bonds is 4. The van der Waals surface area contributed by atoms with Crippen LogP contribution in [0, 0.1) is 5.92 Å². The van der Waals surface area contributed by atoms with Gasteiger partial charge in [-0.1, -0.05) is 25.7 Å². The van der Waals surface area contributed by atoms with Crippen LogP contribution in [0.2, 0.25) is 0 Å². The highest BCUT2D eigenvalue weighted by molar-refractivity contribution is 4.92. The van der Waals surface area contributed by atoms with Crippen molar-refractivity contribution in [2.75, 3.05) is 19.6 Å². The third-order valence-corrected chi connectivity index (χ3v) is 4.51. The molecule has 0 aromatic carbocycles. The number of hydrogen-bond donors (Lipinski definition) is 1. The molecule has 2 N–H and O–H groups in total. The first-order valence-electron chi connectivity index (χ1n) is 6.70. The highest BCUT2D eigenvalue weighted by Gasteiger charge is 2.35. The number of nitrogens with two attached hydrogens (primary N) is 1. The van der Waals surface area contributed by atoms with E-state index in [1.807, 2.05) is 0 Å². The van der Waals surface area contributed by atoms with Gasteiger partial charge < -0.3 is 5.73 Å². The Labute approximate surface area is 94.2 Å². The molecule has 88 valence electrons. The van der Waals surface area contributed by atoms with Crippen molar-refractivity contribution in [2.24, 2.45) is 11.7 Å². The van der Waals surface area contributed by atoms with Gasteiger partial charge in [0.15, 0.2) is 0 Å². The average molecular weight is 210 g/mol. The summed E-state index contributed by atoms with van der Waals surface area (Å²) in [5, 5.41) is 0. The summed E-state index contributed by atoms with van der Waals surface area (Å²) in [7, 11) is 0. The van der Waals surface area contributed by atoms with Crippen LogP contribution in [-0.4, -0.2) is 30.1 Å². The van der Waals surface area contributed by atoms with E-state index in [0.717, 1.165) is 12.5 Å². The highest BCUT2D eigenvalue weighted by Crippen LogP contribution is 2.35. The topological polar surface area (TPSA) is 29.3 Å². The van der Waals surface area contributed by atoms with Crippen LogP contribution in [-0.2, 0) is 0 Å². The Morgan fingerprint density at radius 1 is 1.13 bits per heavy atom. The normalized spacial score (nSPS) is 28.4. The van der Waals surface area contributed by atoms with Crippen molar-refractivity contribution < 1.29 is 0 Å².